The van der Waals surface area contributed by atoms with Gasteiger partial charge in [0, 0.05) is 38.5 Å². The maximum absolute atomic E-state index is 12.7. The van der Waals surface area contributed by atoms with Crippen molar-refractivity contribution in [3.8, 4) is 11.5 Å². The van der Waals surface area contributed by atoms with Gasteiger partial charge < -0.3 is 23.5 Å². The van der Waals surface area contributed by atoms with Gasteiger partial charge >= 0.3 is 0 Å². The Morgan fingerprint density at radius 1 is 1.18 bits per heavy atom. The molecule has 1 amide bonds. The highest BCUT2D eigenvalue weighted by molar-refractivity contribution is 5.76. The first kappa shape index (κ1) is 17.6. The van der Waals surface area contributed by atoms with E-state index in [1.165, 1.54) is 0 Å². The standard InChI is InChI=1S/C21H24N2O5/c24-20(4-2-14-1-3-18-19(11-14)27-13-26-18)23-8-5-17-16(12-23)22-21(28-17)15-6-9-25-10-7-15/h1,3,11,15H,2,4-10,12-13H2. The van der Waals surface area contributed by atoms with E-state index in [1.54, 1.807) is 0 Å². The van der Waals surface area contributed by atoms with Crippen molar-refractivity contribution in [2.75, 3.05) is 26.6 Å². The molecule has 1 fully saturated rings. The molecule has 0 N–H and O–H groups in total. The summed E-state index contributed by atoms with van der Waals surface area (Å²) in [6.45, 7) is 3.03. The highest BCUT2D eigenvalue weighted by atomic mass is 16.7. The van der Waals surface area contributed by atoms with Gasteiger partial charge in [0.15, 0.2) is 17.4 Å². The average Bonchev–Trinajstić information content (AvgIpc) is 3.38. The Morgan fingerprint density at radius 3 is 2.93 bits per heavy atom. The second kappa shape index (κ2) is 7.47. The third-order valence-corrected chi connectivity index (χ3v) is 5.73. The Balaban J connectivity index is 1.19. The number of rotatable bonds is 4. The number of carbonyl (C=O) groups is 1. The molecule has 0 saturated carbocycles. The lowest BCUT2D eigenvalue weighted by Gasteiger charge is -2.25. The van der Waals surface area contributed by atoms with Gasteiger partial charge in [0.25, 0.3) is 0 Å². The molecule has 1 saturated heterocycles. The summed E-state index contributed by atoms with van der Waals surface area (Å²) in [5.41, 5.74) is 2.00. The van der Waals surface area contributed by atoms with Crippen molar-refractivity contribution in [2.45, 2.75) is 44.6 Å². The molecule has 2 aromatic rings. The number of amides is 1. The lowest BCUT2D eigenvalue weighted by Crippen LogP contribution is -2.35. The first-order valence-electron chi connectivity index (χ1n) is 9.99. The molecule has 1 aromatic heterocycles. The first-order valence-corrected chi connectivity index (χ1v) is 9.99. The highest BCUT2D eigenvalue weighted by Gasteiger charge is 2.28. The van der Waals surface area contributed by atoms with Crippen LogP contribution in [0.1, 0.15) is 48.1 Å². The predicted octanol–water partition coefficient (Wildman–Crippen LogP) is 2.81. The Hall–Kier alpha value is -2.54. The van der Waals surface area contributed by atoms with Crippen molar-refractivity contribution < 1.29 is 23.4 Å². The summed E-state index contributed by atoms with van der Waals surface area (Å²) < 4.78 is 22.2. The minimum Gasteiger partial charge on any atom is -0.454 e. The smallest absolute Gasteiger partial charge is 0.231 e. The highest BCUT2D eigenvalue weighted by Crippen LogP contribution is 2.33. The molecule has 0 spiro atoms. The molecule has 7 nitrogen and oxygen atoms in total. The Morgan fingerprint density at radius 2 is 2.04 bits per heavy atom. The fourth-order valence-corrected chi connectivity index (χ4v) is 4.06. The summed E-state index contributed by atoms with van der Waals surface area (Å²) in [4.78, 5) is 19.3. The molecule has 3 aliphatic rings. The minimum atomic E-state index is 0.152. The fourth-order valence-electron chi connectivity index (χ4n) is 4.06. The van der Waals surface area contributed by atoms with E-state index in [2.05, 4.69) is 0 Å². The van der Waals surface area contributed by atoms with Gasteiger partial charge in [0.1, 0.15) is 11.5 Å². The van der Waals surface area contributed by atoms with Gasteiger partial charge in [-0.1, -0.05) is 6.07 Å². The van der Waals surface area contributed by atoms with Crippen LogP contribution in [0.3, 0.4) is 0 Å². The van der Waals surface area contributed by atoms with E-state index in [-0.39, 0.29) is 12.7 Å². The number of benzene rings is 1. The summed E-state index contributed by atoms with van der Waals surface area (Å²) in [5.74, 6) is 3.79. The molecular formula is C21H24N2O5. The molecule has 0 unspecified atom stereocenters. The van der Waals surface area contributed by atoms with Crippen molar-refractivity contribution in [2.24, 2.45) is 0 Å². The third kappa shape index (κ3) is 3.46. The molecule has 0 atom stereocenters. The van der Waals surface area contributed by atoms with Crippen LogP contribution in [0.4, 0.5) is 0 Å². The topological polar surface area (TPSA) is 74.0 Å². The second-order valence-electron chi connectivity index (χ2n) is 7.56. The lowest BCUT2D eigenvalue weighted by atomic mass is 10.0. The van der Waals surface area contributed by atoms with Crippen LogP contribution in [0.25, 0.3) is 0 Å². The van der Waals surface area contributed by atoms with E-state index in [1.807, 2.05) is 23.1 Å². The zero-order valence-corrected chi connectivity index (χ0v) is 15.8. The van der Waals surface area contributed by atoms with Crippen LogP contribution >= 0.6 is 0 Å². The quantitative estimate of drug-likeness (QED) is 0.807. The van der Waals surface area contributed by atoms with E-state index in [4.69, 9.17) is 23.6 Å². The van der Waals surface area contributed by atoms with Gasteiger partial charge in [0.05, 0.1) is 6.54 Å². The van der Waals surface area contributed by atoms with Crippen LogP contribution in [-0.4, -0.2) is 42.3 Å². The third-order valence-electron chi connectivity index (χ3n) is 5.73. The van der Waals surface area contributed by atoms with Crippen LogP contribution in [0, 0.1) is 0 Å². The molecule has 1 aromatic carbocycles. The zero-order valence-electron chi connectivity index (χ0n) is 15.8. The largest absolute Gasteiger partial charge is 0.454 e. The Kier molecular flexibility index (Phi) is 4.68. The molecule has 28 heavy (non-hydrogen) atoms. The van der Waals surface area contributed by atoms with Crippen LogP contribution in [0.2, 0.25) is 0 Å². The number of ether oxygens (including phenoxy) is 3. The number of aryl methyl sites for hydroxylation is 1. The SMILES string of the molecule is O=C(CCc1ccc2c(c1)OCO2)N1CCc2oc(C3CCOCC3)nc2C1. The van der Waals surface area contributed by atoms with E-state index in [9.17, 15) is 4.79 Å². The van der Waals surface area contributed by atoms with E-state index in [0.29, 0.717) is 31.8 Å². The van der Waals surface area contributed by atoms with Crippen molar-refractivity contribution in [1.29, 1.82) is 0 Å². The number of carbonyl (C=O) groups excluding carboxylic acids is 1. The second-order valence-corrected chi connectivity index (χ2v) is 7.56. The fraction of sp³-hybridized carbons (Fsp3) is 0.524. The maximum atomic E-state index is 12.7. The number of fused-ring (bicyclic) bond motifs is 2. The average molecular weight is 384 g/mol. The van der Waals surface area contributed by atoms with Gasteiger partial charge in [-0.3, -0.25) is 4.79 Å². The van der Waals surface area contributed by atoms with Crippen molar-refractivity contribution in [3.63, 3.8) is 0 Å². The molecule has 0 radical (unpaired) electrons. The maximum Gasteiger partial charge on any atom is 0.231 e. The number of hydrogen-bond acceptors (Lipinski definition) is 6. The molecule has 4 heterocycles. The van der Waals surface area contributed by atoms with Crippen LogP contribution in [-0.2, 0) is 28.9 Å². The molecule has 0 aliphatic carbocycles. The summed E-state index contributed by atoms with van der Waals surface area (Å²) in [7, 11) is 0. The number of aromatic nitrogens is 1. The lowest BCUT2D eigenvalue weighted by molar-refractivity contribution is -0.132. The minimum absolute atomic E-state index is 0.152. The monoisotopic (exact) mass is 384 g/mol. The molecule has 7 heteroatoms. The molecule has 5 rings (SSSR count). The van der Waals surface area contributed by atoms with Crippen LogP contribution in [0.15, 0.2) is 22.6 Å². The normalized spacial score (nSPS) is 18.9. The van der Waals surface area contributed by atoms with E-state index >= 15 is 0 Å². The summed E-state index contributed by atoms with van der Waals surface area (Å²) >= 11 is 0. The van der Waals surface area contributed by atoms with Gasteiger partial charge in [-0.15, -0.1) is 0 Å². The molecule has 3 aliphatic heterocycles. The molecule has 148 valence electrons. The molecule has 0 bridgehead atoms. The summed E-state index contributed by atoms with van der Waals surface area (Å²) in [5, 5.41) is 0. The number of hydrogen-bond donors (Lipinski definition) is 0. The van der Waals surface area contributed by atoms with Crippen molar-refractivity contribution in [3.05, 3.63) is 41.1 Å². The Bertz CT molecular complexity index is 872. The number of nitrogens with zero attached hydrogens (tertiary/aromatic N) is 2. The van der Waals surface area contributed by atoms with Gasteiger partial charge in [-0.05, 0) is 37.0 Å². The van der Waals surface area contributed by atoms with E-state index < -0.39 is 0 Å². The van der Waals surface area contributed by atoms with E-state index in [0.717, 1.165) is 66.9 Å². The van der Waals surface area contributed by atoms with Gasteiger partial charge in [-0.2, -0.15) is 0 Å². The van der Waals surface area contributed by atoms with Crippen molar-refractivity contribution >= 4 is 5.91 Å². The summed E-state index contributed by atoms with van der Waals surface area (Å²) in [6.07, 6.45) is 3.81. The Labute approximate surface area is 163 Å². The van der Waals surface area contributed by atoms with Gasteiger partial charge in [-0.25, -0.2) is 4.98 Å². The van der Waals surface area contributed by atoms with Crippen LogP contribution < -0.4 is 9.47 Å². The van der Waals surface area contributed by atoms with Crippen molar-refractivity contribution in [1.82, 2.24) is 9.88 Å². The zero-order chi connectivity index (χ0) is 18.9. The van der Waals surface area contributed by atoms with Gasteiger partial charge in [0.2, 0.25) is 12.7 Å². The molecular weight excluding hydrogens is 360 g/mol. The van der Waals surface area contributed by atoms with Crippen LogP contribution in [0.5, 0.6) is 11.5 Å². The first-order chi connectivity index (χ1) is 13.8. The number of oxazole rings is 1. The predicted molar refractivity (Wildman–Crippen MR) is 99.3 cm³/mol. The summed E-state index contributed by atoms with van der Waals surface area (Å²) in [6, 6.07) is 5.86.